The second kappa shape index (κ2) is 11.7. The summed E-state index contributed by atoms with van der Waals surface area (Å²) < 4.78 is 2.65. The molecule has 4 aromatic rings. The van der Waals surface area contributed by atoms with Crippen LogP contribution in [0.1, 0.15) is 30.0 Å². The van der Waals surface area contributed by atoms with Crippen molar-refractivity contribution in [3.05, 3.63) is 70.7 Å². The zero-order valence-electron chi connectivity index (χ0n) is 19.8. The predicted molar refractivity (Wildman–Crippen MR) is 141 cm³/mol. The molecule has 1 amide bonds. The van der Waals surface area contributed by atoms with Crippen LogP contribution in [0.15, 0.2) is 59.5 Å². The number of nitrogens with one attached hydrogen (secondary N) is 2. The summed E-state index contributed by atoms with van der Waals surface area (Å²) in [5.41, 5.74) is 3.55. The Morgan fingerprint density at radius 1 is 1.19 bits per heavy atom. The lowest BCUT2D eigenvalue weighted by molar-refractivity contribution is -0.119. The van der Waals surface area contributed by atoms with Crippen LogP contribution in [0.5, 0.6) is 11.5 Å². The van der Waals surface area contributed by atoms with E-state index in [4.69, 9.17) is 15.2 Å². The number of anilines is 2. The minimum Gasteiger partial charge on any atom is -0.508 e. The van der Waals surface area contributed by atoms with Gasteiger partial charge in [-0.25, -0.2) is 4.98 Å². The van der Waals surface area contributed by atoms with Crippen LogP contribution in [-0.2, 0) is 11.3 Å². The number of phenols is 2. The molecule has 5 rings (SSSR count). The van der Waals surface area contributed by atoms with E-state index in [2.05, 4.69) is 36.6 Å². The third-order valence-electron chi connectivity index (χ3n) is 5.86. The molecule has 11 heteroatoms. The normalized spacial score (nSPS) is 15.2. The number of halogens is 1. The van der Waals surface area contributed by atoms with Gasteiger partial charge in [-0.05, 0) is 40.4 Å². The topological polar surface area (TPSA) is 128 Å². The molecule has 0 radical (unpaired) electrons. The van der Waals surface area contributed by atoms with Gasteiger partial charge in [0.05, 0.1) is 16.4 Å². The molecule has 3 aromatic heterocycles. The van der Waals surface area contributed by atoms with E-state index in [1.807, 2.05) is 29.3 Å². The summed E-state index contributed by atoms with van der Waals surface area (Å²) in [6, 6.07) is 10.3. The number of rotatable bonds is 6. The van der Waals surface area contributed by atoms with E-state index in [1.54, 1.807) is 24.0 Å². The molecule has 1 fully saturated rings. The molecule has 1 unspecified atom stereocenters. The Kier molecular flexibility index (Phi) is 8.21. The van der Waals surface area contributed by atoms with Crippen molar-refractivity contribution in [1.82, 2.24) is 24.5 Å². The van der Waals surface area contributed by atoms with Crippen molar-refractivity contribution in [3.8, 4) is 11.5 Å². The summed E-state index contributed by atoms with van der Waals surface area (Å²) in [5, 5.41) is 28.5. The molecular weight excluding hydrogens is 526 g/mol. The maximum Gasteiger partial charge on any atom is 0.209 e. The highest BCUT2D eigenvalue weighted by Gasteiger charge is 2.23. The third kappa shape index (κ3) is 6.22. The van der Waals surface area contributed by atoms with Crippen molar-refractivity contribution in [2.24, 2.45) is 0 Å². The number of hydrogen-bond donors (Lipinski definition) is 4. The van der Waals surface area contributed by atoms with Crippen LogP contribution in [0.3, 0.4) is 0 Å². The molecule has 1 aliphatic rings. The van der Waals surface area contributed by atoms with E-state index in [0.717, 1.165) is 53.0 Å². The van der Waals surface area contributed by atoms with Crippen LogP contribution in [0, 0.1) is 0 Å². The van der Waals surface area contributed by atoms with Crippen molar-refractivity contribution < 1.29 is 15.0 Å². The first-order chi connectivity index (χ1) is 17.5. The van der Waals surface area contributed by atoms with Gasteiger partial charge in [0.2, 0.25) is 6.41 Å². The molecule has 4 heterocycles. The molecule has 0 spiro atoms. The number of nitrogens with zero attached hydrogens (tertiary/aromatic N) is 5. The van der Waals surface area contributed by atoms with Gasteiger partial charge in [-0.15, -0.1) is 0 Å². The fourth-order valence-corrected chi connectivity index (χ4v) is 4.42. The van der Waals surface area contributed by atoms with Crippen LogP contribution in [-0.4, -0.2) is 61.2 Å². The summed E-state index contributed by atoms with van der Waals surface area (Å²) in [6.07, 6.45) is 8.31. The average molecular weight is 554 g/mol. The molecule has 10 nitrogen and oxygen atoms in total. The number of piperidine rings is 1. The van der Waals surface area contributed by atoms with E-state index < -0.39 is 0 Å². The Labute approximate surface area is 217 Å². The summed E-state index contributed by atoms with van der Waals surface area (Å²) in [6.45, 7) is 2.18. The van der Waals surface area contributed by atoms with Crippen LogP contribution in [0.4, 0.5) is 11.5 Å². The molecule has 1 aliphatic heterocycles. The van der Waals surface area contributed by atoms with Gasteiger partial charge in [-0.3, -0.25) is 9.78 Å². The van der Waals surface area contributed by atoms with E-state index in [0.29, 0.717) is 18.8 Å². The fraction of sp³-hybridized carbons (Fsp3) is 0.280. The smallest absolute Gasteiger partial charge is 0.209 e. The molecule has 36 heavy (non-hydrogen) atoms. The second-order valence-corrected chi connectivity index (χ2v) is 9.29. The number of likely N-dealkylation sites (tertiary alicyclic amines) is 1. The molecule has 188 valence electrons. The van der Waals surface area contributed by atoms with Crippen molar-refractivity contribution >= 4 is 39.5 Å². The maximum absolute atomic E-state index is 11.2. The maximum atomic E-state index is 11.2. The standard InChI is InChI=1S/C18H19BrN6O.C7H9NO2/c19-15-10-22-25-17(21-9-13-3-1-5-20-8-13)7-16(23-18(15)25)14-4-2-6-24(11-14)12-26;1-8-5-2-6(9)4-7(10)3-5/h1,3,5,7-8,10,12,14,21H,2,4,6,9,11H2;2-4,8-10H,1H3. The lowest BCUT2D eigenvalue weighted by Gasteiger charge is -2.29. The Bertz CT molecular complexity index is 1300. The van der Waals surface area contributed by atoms with Gasteiger partial charge in [0.15, 0.2) is 5.65 Å². The molecule has 1 saturated heterocycles. The van der Waals surface area contributed by atoms with Crippen molar-refractivity contribution in [2.45, 2.75) is 25.3 Å². The summed E-state index contributed by atoms with van der Waals surface area (Å²) in [7, 11) is 1.72. The highest BCUT2D eigenvalue weighted by Crippen LogP contribution is 2.29. The van der Waals surface area contributed by atoms with Crippen molar-refractivity contribution in [3.63, 3.8) is 0 Å². The summed E-state index contributed by atoms with van der Waals surface area (Å²) in [4.78, 5) is 21.9. The van der Waals surface area contributed by atoms with E-state index >= 15 is 0 Å². The van der Waals surface area contributed by atoms with E-state index in [9.17, 15) is 4.79 Å². The second-order valence-electron chi connectivity index (χ2n) is 8.44. The first kappa shape index (κ1) is 25.2. The third-order valence-corrected chi connectivity index (χ3v) is 6.42. The first-order valence-corrected chi connectivity index (χ1v) is 12.3. The summed E-state index contributed by atoms with van der Waals surface area (Å²) >= 11 is 3.53. The van der Waals surface area contributed by atoms with Gasteiger partial charge in [0.1, 0.15) is 17.3 Å². The Morgan fingerprint density at radius 2 is 2.00 bits per heavy atom. The van der Waals surface area contributed by atoms with Crippen molar-refractivity contribution in [1.29, 1.82) is 0 Å². The minimum atomic E-state index is 0.0596. The lowest BCUT2D eigenvalue weighted by Crippen LogP contribution is -2.33. The van der Waals surface area contributed by atoms with Gasteiger partial charge < -0.3 is 25.7 Å². The van der Waals surface area contributed by atoms with Crippen LogP contribution in [0.25, 0.3) is 5.65 Å². The quantitative estimate of drug-likeness (QED) is 0.264. The zero-order chi connectivity index (χ0) is 25.5. The lowest BCUT2D eigenvalue weighted by atomic mass is 9.95. The van der Waals surface area contributed by atoms with E-state index in [-0.39, 0.29) is 17.4 Å². The number of pyridine rings is 1. The van der Waals surface area contributed by atoms with Crippen LogP contribution < -0.4 is 10.6 Å². The number of phenolic OH excluding ortho intramolecular Hbond substituents is 2. The molecular formula is C25H28BrN7O3. The molecule has 0 aliphatic carbocycles. The molecule has 0 saturated carbocycles. The highest BCUT2D eigenvalue weighted by molar-refractivity contribution is 9.10. The predicted octanol–water partition coefficient (Wildman–Crippen LogP) is 3.97. The highest BCUT2D eigenvalue weighted by atomic mass is 79.9. The molecule has 4 N–H and O–H groups in total. The SMILES string of the molecule is CNc1cc(O)cc(O)c1.O=CN1CCCC(c2cc(NCc3cccnc3)n3ncc(Br)c3n2)C1. The number of hydrogen-bond acceptors (Lipinski definition) is 8. The van der Waals surface area contributed by atoms with Crippen LogP contribution >= 0.6 is 15.9 Å². The van der Waals surface area contributed by atoms with E-state index in [1.165, 1.54) is 18.2 Å². The number of benzene rings is 1. The first-order valence-electron chi connectivity index (χ1n) is 11.5. The number of amides is 1. The monoisotopic (exact) mass is 553 g/mol. The molecule has 1 atom stereocenters. The molecule has 1 aromatic carbocycles. The minimum absolute atomic E-state index is 0.0596. The van der Waals surface area contributed by atoms with Gasteiger partial charge in [-0.2, -0.15) is 9.61 Å². The number of aromatic hydroxyl groups is 2. The Hall–Kier alpha value is -3.86. The van der Waals surface area contributed by atoms with Gasteiger partial charge in [0.25, 0.3) is 0 Å². The number of aromatic nitrogens is 4. The largest absolute Gasteiger partial charge is 0.508 e. The fourth-order valence-electron chi connectivity index (χ4n) is 4.07. The van der Waals surface area contributed by atoms with Gasteiger partial charge in [-0.1, -0.05) is 6.07 Å². The number of carbonyl (C=O) groups excluding carboxylic acids is 1. The van der Waals surface area contributed by atoms with Crippen LogP contribution in [0.2, 0.25) is 0 Å². The number of fused-ring (bicyclic) bond motifs is 1. The van der Waals surface area contributed by atoms with Gasteiger partial charge >= 0.3 is 0 Å². The molecule has 0 bridgehead atoms. The zero-order valence-corrected chi connectivity index (χ0v) is 21.4. The average Bonchev–Trinajstić information content (AvgIpc) is 3.28. The van der Waals surface area contributed by atoms with Gasteiger partial charge in [0, 0.05) is 74.9 Å². The Morgan fingerprint density at radius 3 is 2.69 bits per heavy atom. The summed E-state index contributed by atoms with van der Waals surface area (Å²) in [5.74, 6) is 1.23. The number of carbonyl (C=O) groups is 1. The van der Waals surface area contributed by atoms with Crippen molar-refractivity contribution in [2.75, 3.05) is 30.8 Å². The Balaban J connectivity index is 0.000000256.